The van der Waals surface area contributed by atoms with E-state index >= 15 is 0 Å². The summed E-state index contributed by atoms with van der Waals surface area (Å²) in [5.74, 6) is 0.628. The van der Waals surface area contributed by atoms with E-state index in [1.807, 2.05) is 6.07 Å². The van der Waals surface area contributed by atoms with Crippen LogP contribution in [0, 0.1) is 11.7 Å². The van der Waals surface area contributed by atoms with Crippen LogP contribution in [0.5, 0.6) is 0 Å². The number of nitrogens with zero attached hydrogens (tertiary/aromatic N) is 2. The number of rotatable bonds is 3. The number of hydrogen-bond donors (Lipinski definition) is 1. The highest BCUT2D eigenvalue weighted by atomic mass is 35.5. The van der Waals surface area contributed by atoms with Crippen LogP contribution in [-0.2, 0) is 6.42 Å². The smallest absolute Gasteiger partial charge is 0.135 e. The lowest BCUT2D eigenvalue weighted by molar-refractivity contribution is 0.614. The molecule has 1 aliphatic rings. The molecule has 0 saturated carbocycles. The van der Waals surface area contributed by atoms with E-state index in [4.69, 9.17) is 11.6 Å². The molecule has 1 heterocycles. The average molecular weight is 280 g/mol. The number of benzene rings is 1. The first-order chi connectivity index (χ1) is 9.15. The Morgan fingerprint density at radius 1 is 1.58 bits per heavy atom. The van der Waals surface area contributed by atoms with Crippen LogP contribution in [0.3, 0.4) is 0 Å². The number of hydrogen-bond acceptors (Lipinski definition) is 2. The first-order valence-electron chi connectivity index (χ1n) is 5.97. The minimum absolute atomic E-state index is 0.124. The van der Waals surface area contributed by atoms with E-state index in [0.717, 1.165) is 17.0 Å². The van der Waals surface area contributed by atoms with Crippen LogP contribution >= 0.6 is 11.6 Å². The fraction of sp³-hybridized carbons (Fsp3) is 0.286. The van der Waals surface area contributed by atoms with E-state index in [-0.39, 0.29) is 11.7 Å². The second-order valence-electron chi connectivity index (χ2n) is 4.35. The molecule has 1 fully saturated rings. The summed E-state index contributed by atoms with van der Waals surface area (Å²) in [5.41, 5.74) is 1.78. The summed E-state index contributed by atoms with van der Waals surface area (Å²) in [4.78, 5) is 7.93. The normalized spacial score (nSPS) is 23.3. The van der Waals surface area contributed by atoms with Crippen molar-refractivity contribution in [1.82, 2.24) is 5.32 Å². The Morgan fingerprint density at radius 3 is 3.00 bits per heavy atom. The van der Waals surface area contributed by atoms with Gasteiger partial charge in [0.15, 0.2) is 0 Å². The van der Waals surface area contributed by atoms with Crippen LogP contribution in [0.15, 0.2) is 45.0 Å². The minimum Gasteiger partial charge on any atom is -0.369 e. The van der Waals surface area contributed by atoms with Crippen LogP contribution in [0.25, 0.3) is 0 Å². The Balaban J connectivity index is 2.28. The summed E-state index contributed by atoms with van der Waals surface area (Å²) in [6.45, 7) is 4.16. The third kappa shape index (κ3) is 3.01. The molecule has 0 bridgehead atoms. The van der Waals surface area contributed by atoms with Crippen molar-refractivity contribution in [2.75, 3.05) is 13.6 Å². The van der Waals surface area contributed by atoms with Gasteiger partial charge in [0.25, 0.3) is 0 Å². The Labute approximate surface area is 116 Å². The van der Waals surface area contributed by atoms with Crippen LogP contribution in [0.2, 0.25) is 0 Å². The van der Waals surface area contributed by atoms with Crippen LogP contribution in [-0.4, -0.2) is 26.1 Å². The lowest BCUT2D eigenvalue weighted by Crippen LogP contribution is -2.15. The van der Waals surface area contributed by atoms with Crippen molar-refractivity contribution >= 4 is 24.2 Å². The second kappa shape index (κ2) is 5.97. The zero-order chi connectivity index (χ0) is 13.8. The quantitative estimate of drug-likeness (QED) is 0.670. The fourth-order valence-corrected chi connectivity index (χ4v) is 2.53. The first kappa shape index (κ1) is 13.7. The van der Waals surface area contributed by atoms with Crippen LogP contribution in [0.1, 0.15) is 5.56 Å². The zero-order valence-electron chi connectivity index (χ0n) is 10.7. The predicted octanol–water partition coefficient (Wildman–Crippen LogP) is 2.77. The van der Waals surface area contributed by atoms with Gasteiger partial charge < -0.3 is 5.32 Å². The molecule has 0 spiro atoms. The van der Waals surface area contributed by atoms with E-state index in [2.05, 4.69) is 22.0 Å². The standard InChI is InChI=1S/C14H15ClFN3/c1-17-13(15)12-10(8-19-14(12)18-2)6-9-4-3-5-11(16)7-9/h3-5,7,10H,1,6,8H2,2H3,(H,18,19)/b13-12-. The zero-order valence-corrected chi connectivity index (χ0v) is 11.4. The molecule has 1 unspecified atom stereocenters. The maximum Gasteiger partial charge on any atom is 0.135 e. The molecule has 1 N–H and O–H groups in total. The largest absolute Gasteiger partial charge is 0.369 e. The molecular weight excluding hydrogens is 265 g/mol. The molecule has 0 aliphatic carbocycles. The van der Waals surface area contributed by atoms with Gasteiger partial charge in [0.1, 0.15) is 16.8 Å². The summed E-state index contributed by atoms with van der Waals surface area (Å²) >= 11 is 6.09. The third-order valence-electron chi connectivity index (χ3n) is 3.14. The van der Waals surface area contributed by atoms with Gasteiger partial charge in [0.2, 0.25) is 0 Å². The predicted molar refractivity (Wildman–Crippen MR) is 77.4 cm³/mol. The highest BCUT2D eigenvalue weighted by Gasteiger charge is 2.29. The van der Waals surface area contributed by atoms with Gasteiger partial charge in [-0.05, 0) is 30.8 Å². The van der Waals surface area contributed by atoms with Crippen LogP contribution < -0.4 is 5.32 Å². The van der Waals surface area contributed by atoms with Crippen molar-refractivity contribution in [1.29, 1.82) is 0 Å². The Bertz CT molecular complexity index is 551. The topological polar surface area (TPSA) is 36.8 Å². The molecular formula is C14H15ClFN3. The van der Waals surface area contributed by atoms with Crippen molar-refractivity contribution in [3.05, 3.63) is 46.4 Å². The summed E-state index contributed by atoms with van der Waals surface area (Å²) < 4.78 is 13.2. The monoisotopic (exact) mass is 279 g/mol. The SMILES string of the molecule is C=N/C(Cl)=C1\C(=NC)NCC1Cc1cccc(F)c1. The van der Waals surface area contributed by atoms with E-state index < -0.39 is 0 Å². The molecule has 0 amide bonds. The molecule has 0 aromatic heterocycles. The van der Waals surface area contributed by atoms with Gasteiger partial charge in [-0.2, -0.15) is 0 Å². The molecule has 1 saturated heterocycles. The summed E-state index contributed by atoms with van der Waals surface area (Å²) in [7, 11) is 1.69. The number of aliphatic imine (C=N–C) groups is 2. The Hall–Kier alpha value is -1.68. The molecule has 2 rings (SSSR count). The van der Waals surface area contributed by atoms with Gasteiger partial charge in [-0.25, -0.2) is 4.39 Å². The molecule has 5 heteroatoms. The molecule has 3 nitrogen and oxygen atoms in total. The van der Waals surface area contributed by atoms with Gasteiger partial charge >= 0.3 is 0 Å². The van der Waals surface area contributed by atoms with Crippen molar-refractivity contribution in [3.8, 4) is 0 Å². The van der Waals surface area contributed by atoms with Crippen molar-refractivity contribution in [3.63, 3.8) is 0 Å². The summed E-state index contributed by atoms with van der Waals surface area (Å²) in [5, 5.41) is 3.54. The van der Waals surface area contributed by atoms with Gasteiger partial charge in [-0.3, -0.25) is 9.98 Å². The maximum atomic E-state index is 13.2. The van der Waals surface area contributed by atoms with E-state index in [1.165, 1.54) is 12.1 Å². The van der Waals surface area contributed by atoms with Gasteiger partial charge in [0, 0.05) is 25.1 Å². The summed E-state index contributed by atoms with van der Waals surface area (Å²) in [6, 6.07) is 6.58. The van der Waals surface area contributed by atoms with Gasteiger partial charge in [-0.1, -0.05) is 23.7 Å². The third-order valence-corrected chi connectivity index (χ3v) is 3.46. The number of amidine groups is 1. The Morgan fingerprint density at radius 2 is 2.37 bits per heavy atom. The van der Waals surface area contributed by atoms with Crippen LogP contribution in [0.4, 0.5) is 4.39 Å². The fourth-order valence-electron chi connectivity index (χ4n) is 2.28. The molecule has 1 aromatic carbocycles. The van der Waals surface area contributed by atoms with Gasteiger partial charge in [-0.15, -0.1) is 0 Å². The minimum atomic E-state index is -0.230. The maximum absolute atomic E-state index is 13.2. The summed E-state index contributed by atoms with van der Waals surface area (Å²) in [6.07, 6.45) is 0.685. The molecule has 0 radical (unpaired) electrons. The molecule has 1 atom stereocenters. The lowest BCUT2D eigenvalue weighted by atomic mass is 9.94. The van der Waals surface area contributed by atoms with Crippen molar-refractivity contribution < 1.29 is 4.39 Å². The highest BCUT2D eigenvalue weighted by Crippen LogP contribution is 2.27. The Kier molecular flexibility index (Phi) is 4.32. The molecule has 100 valence electrons. The number of nitrogens with one attached hydrogen (secondary N) is 1. The highest BCUT2D eigenvalue weighted by molar-refractivity contribution is 6.32. The second-order valence-corrected chi connectivity index (χ2v) is 4.70. The average Bonchev–Trinajstić information content (AvgIpc) is 2.80. The lowest BCUT2D eigenvalue weighted by Gasteiger charge is -2.11. The molecule has 1 aliphatic heterocycles. The van der Waals surface area contributed by atoms with Crippen molar-refractivity contribution in [2.24, 2.45) is 15.9 Å². The van der Waals surface area contributed by atoms with Gasteiger partial charge in [0.05, 0.1) is 0 Å². The first-order valence-corrected chi connectivity index (χ1v) is 6.35. The van der Waals surface area contributed by atoms with E-state index in [1.54, 1.807) is 13.1 Å². The number of halogens is 2. The van der Waals surface area contributed by atoms with Crippen molar-refractivity contribution in [2.45, 2.75) is 6.42 Å². The molecule has 19 heavy (non-hydrogen) atoms. The van der Waals surface area contributed by atoms with E-state index in [9.17, 15) is 4.39 Å². The van der Waals surface area contributed by atoms with E-state index in [0.29, 0.717) is 18.1 Å². The molecule has 1 aromatic rings.